The van der Waals surface area contributed by atoms with E-state index >= 15 is 0 Å². The summed E-state index contributed by atoms with van der Waals surface area (Å²) in [5.41, 5.74) is 2.91. The summed E-state index contributed by atoms with van der Waals surface area (Å²) >= 11 is 5.37. The predicted molar refractivity (Wildman–Crippen MR) is 80.3 cm³/mol. The van der Waals surface area contributed by atoms with E-state index in [2.05, 4.69) is 12.6 Å². The number of rotatable bonds is 2. The molecule has 0 bridgehead atoms. The zero-order valence-corrected chi connectivity index (χ0v) is 11.7. The van der Waals surface area contributed by atoms with Gasteiger partial charge < -0.3 is 0 Å². The van der Waals surface area contributed by atoms with Gasteiger partial charge in [0.05, 0.1) is 5.56 Å². The summed E-state index contributed by atoms with van der Waals surface area (Å²) in [6, 6.07) is 6.07. The molecule has 3 heteroatoms. The molecule has 0 N–H and O–H groups in total. The molecule has 0 saturated heterocycles. The summed E-state index contributed by atoms with van der Waals surface area (Å²) in [6.07, 6.45) is 7.73. The maximum atomic E-state index is 12.5. The Morgan fingerprint density at radius 2 is 2.00 bits per heavy atom. The molecule has 1 amide bonds. The predicted octanol–water partition coefficient (Wildman–Crippen LogP) is 4.01. The Morgan fingerprint density at radius 3 is 2.68 bits per heavy atom. The molecule has 1 saturated carbocycles. The van der Waals surface area contributed by atoms with Crippen LogP contribution in [0.2, 0.25) is 0 Å². The van der Waals surface area contributed by atoms with Gasteiger partial charge in [0.15, 0.2) is 0 Å². The number of amides is 1. The van der Waals surface area contributed by atoms with Crippen molar-refractivity contribution < 1.29 is 4.79 Å². The minimum Gasteiger partial charge on any atom is -0.274 e. The van der Waals surface area contributed by atoms with E-state index in [-0.39, 0.29) is 5.91 Å². The first-order valence-electron chi connectivity index (χ1n) is 6.87. The third kappa shape index (κ3) is 1.93. The Labute approximate surface area is 119 Å². The molecule has 0 atom stereocenters. The van der Waals surface area contributed by atoms with Crippen LogP contribution in [0.4, 0.5) is 0 Å². The van der Waals surface area contributed by atoms with Crippen LogP contribution in [0.3, 0.4) is 0 Å². The Bertz CT molecular complexity index is 558. The lowest BCUT2D eigenvalue weighted by Gasteiger charge is -2.23. The molecular weight excluding hydrogens is 254 g/mol. The van der Waals surface area contributed by atoms with Crippen LogP contribution >= 0.6 is 12.2 Å². The standard InChI is InChI=1S/C16H17NOS/c1-2-17-15(18)14-12(11-7-4-3-5-8-11)9-6-10-13(14)16(17)19/h2,6,9-11H,1,3-5,7-8H2. The van der Waals surface area contributed by atoms with Gasteiger partial charge in [-0.25, -0.2) is 0 Å². The van der Waals surface area contributed by atoms with Crippen molar-refractivity contribution in [1.82, 2.24) is 4.90 Å². The van der Waals surface area contributed by atoms with E-state index in [0.29, 0.717) is 10.9 Å². The van der Waals surface area contributed by atoms with E-state index in [9.17, 15) is 4.79 Å². The first-order chi connectivity index (χ1) is 9.24. The minimum atomic E-state index is -0.00354. The molecular formula is C16H17NOS. The number of fused-ring (bicyclic) bond motifs is 1. The van der Waals surface area contributed by atoms with Crippen LogP contribution in [-0.4, -0.2) is 15.8 Å². The van der Waals surface area contributed by atoms with Crippen LogP contribution in [0.25, 0.3) is 0 Å². The summed E-state index contributed by atoms with van der Waals surface area (Å²) in [5.74, 6) is 0.511. The normalized spacial score (nSPS) is 19.7. The van der Waals surface area contributed by atoms with E-state index in [1.54, 1.807) is 0 Å². The molecule has 1 fully saturated rings. The van der Waals surface area contributed by atoms with E-state index in [0.717, 1.165) is 11.1 Å². The lowest BCUT2D eigenvalue weighted by atomic mass is 9.81. The highest BCUT2D eigenvalue weighted by Crippen LogP contribution is 2.38. The first kappa shape index (κ1) is 12.5. The average Bonchev–Trinajstić information content (AvgIpc) is 2.71. The zero-order chi connectivity index (χ0) is 13.4. The quantitative estimate of drug-likeness (QED) is 0.757. The number of hydrogen-bond acceptors (Lipinski definition) is 2. The fraction of sp³-hybridized carbons (Fsp3) is 0.375. The third-order valence-corrected chi connectivity index (χ3v) is 4.62. The maximum Gasteiger partial charge on any atom is 0.264 e. The summed E-state index contributed by atoms with van der Waals surface area (Å²) in [4.78, 5) is 14.6. The lowest BCUT2D eigenvalue weighted by Crippen LogP contribution is -2.22. The van der Waals surface area contributed by atoms with E-state index in [1.807, 2.05) is 12.1 Å². The smallest absolute Gasteiger partial charge is 0.264 e. The second-order valence-electron chi connectivity index (χ2n) is 5.27. The molecule has 1 aromatic rings. The van der Waals surface area contributed by atoms with Crippen LogP contribution in [0.1, 0.15) is 59.5 Å². The number of benzene rings is 1. The van der Waals surface area contributed by atoms with Gasteiger partial charge in [0, 0.05) is 11.8 Å². The van der Waals surface area contributed by atoms with Crippen LogP contribution in [0.15, 0.2) is 31.0 Å². The summed E-state index contributed by atoms with van der Waals surface area (Å²) < 4.78 is 0. The van der Waals surface area contributed by atoms with Crippen molar-refractivity contribution in [1.29, 1.82) is 0 Å². The summed E-state index contributed by atoms with van der Waals surface area (Å²) in [6.45, 7) is 3.69. The second-order valence-corrected chi connectivity index (χ2v) is 5.65. The van der Waals surface area contributed by atoms with Crippen molar-refractivity contribution in [2.45, 2.75) is 38.0 Å². The molecule has 2 nitrogen and oxygen atoms in total. The average molecular weight is 271 g/mol. The number of hydrogen-bond donors (Lipinski definition) is 0. The lowest BCUT2D eigenvalue weighted by molar-refractivity contribution is 0.0898. The highest BCUT2D eigenvalue weighted by molar-refractivity contribution is 7.80. The molecule has 1 aliphatic carbocycles. The van der Waals surface area contributed by atoms with Crippen molar-refractivity contribution in [3.63, 3.8) is 0 Å². The molecule has 0 unspecified atom stereocenters. The molecule has 1 aliphatic heterocycles. The van der Waals surface area contributed by atoms with Crippen molar-refractivity contribution in [2.75, 3.05) is 0 Å². The molecule has 2 aliphatic rings. The molecule has 1 heterocycles. The van der Waals surface area contributed by atoms with Gasteiger partial charge >= 0.3 is 0 Å². The van der Waals surface area contributed by atoms with Crippen molar-refractivity contribution in [3.05, 3.63) is 47.7 Å². The molecule has 0 radical (unpaired) electrons. The van der Waals surface area contributed by atoms with Crippen molar-refractivity contribution >= 4 is 23.1 Å². The molecule has 3 rings (SSSR count). The van der Waals surface area contributed by atoms with Crippen molar-refractivity contribution in [2.24, 2.45) is 0 Å². The summed E-state index contributed by atoms with van der Waals surface area (Å²) in [7, 11) is 0. The number of carbonyl (C=O) groups excluding carboxylic acids is 1. The Hall–Kier alpha value is -1.48. The van der Waals surface area contributed by atoms with Gasteiger partial charge in [-0.15, -0.1) is 0 Å². The van der Waals surface area contributed by atoms with Crippen LogP contribution in [-0.2, 0) is 0 Å². The molecule has 0 aromatic heterocycles. The van der Waals surface area contributed by atoms with Gasteiger partial charge in [-0.05, 0) is 24.3 Å². The second kappa shape index (κ2) is 4.89. The van der Waals surface area contributed by atoms with Gasteiger partial charge in [0.25, 0.3) is 5.91 Å². The highest BCUT2D eigenvalue weighted by atomic mass is 32.1. The van der Waals surface area contributed by atoms with Gasteiger partial charge in [-0.2, -0.15) is 0 Å². The third-order valence-electron chi connectivity index (χ3n) is 4.21. The fourth-order valence-corrected chi connectivity index (χ4v) is 3.58. The molecule has 98 valence electrons. The SMILES string of the molecule is C=CN1C(=O)c2c(cccc2C2CCCCC2)C1=S. The molecule has 0 spiro atoms. The number of carbonyl (C=O) groups is 1. The van der Waals surface area contributed by atoms with E-state index in [4.69, 9.17) is 12.2 Å². The Kier molecular flexibility index (Phi) is 3.23. The highest BCUT2D eigenvalue weighted by Gasteiger charge is 2.34. The van der Waals surface area contributed by atoms with Gasteiger partial charge in [-0.3, -0.25) is 9.69 Å². The van der Waals surface area contributed by atoms with Gasteiger partial charge in [0.2, 0.25) is 0 Å². The van der Waals surface area contributed by atoms with E-state index in [1.165, 1.54) is 48.8 Å². The first-order valence-corrected chi connectivity index (χ1v) is 7.28. The molecule has 1 aromatic carbocycles. The number of nitrogens with zero attached hydrogens (tertiary/aromatic N) is 1. The van der Waals surface area contributed by atoms with Gasteiger partial charge in [-0.1, -0.05) is 56.3 Å². The van der Waals surface area contributed by atoms with Crippen molar-refractivity contribution in [3.8, 4) is 0 Å². The maximum absolute atomic E-state index is 12.5. The fourth-order valence-electron chi connectivity index (χ4n) is 3.25. The zero-order valence-electron chi connectivity index (χ0n) is 10.9. The topological polar surface area (TPSA) is 20.3 Å². The van der Waals surface area contributed by atoms with Gasteiger partial charge in [0.1, 0.15) is 4.99 Å². The number of thiocarbonyl (C=S) groups is 1. The largest absolute Gasteiger partial charge is 0.274 e. The van der Waals surface area contributed by atoms with Crippen LogP contribution in [0.5, 0.6) is 0 Å². The van der Waals surface area contributed by atoms with E-state index < -0.39 is 0 Å². The Balaban J connectivity index is 2.08. The van der Waals surface area contributed by atoms with Crippen LogP contribution < -0.4 is 0 Å². The summed E-state index contributed by atoms with van der Waals surface area (Å²) in [5, 5.41) is 0. The minimum absolute atomic E-state index is 0.00354. The van der Waals surface area contributed by atoms with Crippen LogP contribution in [0, 0.1) is 0 Å². The Morgan fingerprint density at radius 1 is 1.26 bits per heavy atom. The monoisotopic (exact) mass is 271 g/mol. The molecule has 19 heavy (non-hydrogen) atoms.